The van der Waals surface area contributed by atoms with E-state index in [2.05, 4.69) is 5.32 Å². The SMILES string of the molecule is C1C[C@@H]2CNC[C@@H]12. The van der Waals surface area contributed by atoms with E-state index in [1.807, 2.05) is 0 Å². The maximum Gasteiger partial charge on any atom is -0.00173 e. The van der Waals surface area contributed by atoms with Gasteiger partial charge in [-0.1, -0.05) is 0 Å². The van der Waals surface area contributed by atoms with Gasteiger partial charge >= 0.3 is 0 Å². The molecule has 0 spiro atoms. The molecule has 0 aromatic rings. The zero-order valence-corrected chi connectivity index (χ0v) is 4.48. The van der Waals surface area contributed by atoms with Crippen LogP contribution in [0.1, 0.15) is 12.8 Å². The van der Waals surface area contributed by atoms with E-state index in [-0.39, 0.29) is 0 Å². The fraction of sp³-hybridized carbons (Fsp3) is 1.00. The van der Waals surface area contributed by atoms with Crippen LogP contribution in [0.2, 0.25) is 0 Å². The zero-order valence-electron chi connectivity index (χ0n) is 4.48. The second kappa shape index (κ2) is 1.22. The lowest BCUT2D eigenvalue weighted by Gasteiger charge is -2.28. The van der Waals surface area contributed by atoms with Crippen molar-refractivity contribution >= 4 is 0 Å². The van der Waals surface area contributed by atoms with Crippen LogP contribution in [0.3, 0.4) is 0 Å². The van der Waals surface area contributed by atoms with Crippen molar-refractivity contribution in [2.75, 3.05) is 13.1 Å². The molecule has 0 unspecified atom stereocenters. The molecule has 0 radical (unpaired) electrons. The average Bonchev–Trinajstić information content (AvgIpc) is 1.85. The van der Waals surface area contributed by atoms with Gasteiger partial charge in [-0.25, -0.2) is 0 Å². The summed E-state index contributed by atoms with van der Waals surface area (Å²) >= 11 is 0. The summed E-state index contributed by atoms with van der Waals surface area (Å²) in [6.45, 7) is 2.62. The van der Waals surface area contributed by atoms with Crippen molar-refractivity contribution in [3.8, 4) is 0 Å². The lowest BCUT2D eigenvalue weighted by Crippen LogP contribution is -2.22. The minimum absolute atomic E-state index is 1.08. The molecule has 40 valence electrons. The minimum atomic E-state index is 1.08. The largest absolute Gasteiger partial charge is 0.316 e. The Balaban J connectivity index is 2.03. The van der Waals surface area contributed by atoms with E-state index in [0.717, 1.165) is 11.8 Å². The van der Waals surface area contributed by atoms with E-state index in [0.29, 0.717) is 0 Å². The molecule has 1 aliphatic carbocycles. The van der Waals surface area contributed by atoms with Gasteiger partial charge < -0.3 is 5.32 Å². The summed E-state index contributed by atoms with van der Waals surface area (Å²) in [5.41, 5.74) is 0. The maximum absolute atomic E-state index is 3.38. The molecule has 2 fully saturated rings. The third kappa shape index (κ3) is 0.418. The predicted octanol–water partition coefficient (Wildman–Crippen LogP) is 0.616. The first-order chi connectivity index (χ1) is 3.47. The van der Waals surface area contributed by atoms with Crippen LogP contribution in [0, 0.1) is 11.8 Å². The van der Waals surface area contributed by atoms with Crippen molar-refractivity contribution in [2.24, 2.45) is 11.8 Å². The Morgan fingerprint density at radius 2 is 1.57 bits per heavy atom. The van der Waals surface area contributed by atoms with Gasteiger partial charge in [-0.05, 0) is 37.8 Å². The summed E-state index contributed by atoms with van der Waals surface area (Å²) in [5.74, 6) is 2.17. The molecule has 0 aromatic carbocycles. The van der Waals surface area contributed by atoms with E-state index < -0.39 is 0 Å². The van der Waals surface area contributed by atoms with E-state index in [1.165, 1.54) is 25.9 Å². The van der Waals surface area contributed by atoms with Gasteiger partial charge in [0.2, 0.25) is 0 Å². The van der Waals surface area contributed by atoms with Gasteiger partial charge in [0.05, 0.1) is 0 Å². The highest BCUT2D eigenvalue weighted by Crippen LogP contribution is 2.36. The summed E-state index contributed by atoms with van der Waals surface area (Å²) in [5, 5.41) is 3.38. The standard InChI is InChI=1S/C6H11N/c1-2-6-4-7-3-5(1)6/h5-7H,1-4H2/t5-,6-/m1/s1. The predicted molar refractivity (Wildman–Crippen MR) is 29.1 cm³/mol. The number of hydrogen-bond acceptors (Lipinski definition) is 1. The topological polar surface area (TPSA) is 12.0 Å². The Morgan fingerprint density at radius 3 is 1.86 bits per heavy atom. The normalized spacial score (nSPS) is 48.0. The van der Waals surface area contributed by atoms with Crippen LogP contribution in [0.5, 0.6) is 0 Å². The van der Waals surface area contributed by atoms with Crippen LogP contribution >= 0.6 is 0 Å². The van der Waals surface area contributed by atoms with Crippen LogP contribution in [-0.2, 0) is 0 Å². The number of hydrogen-bond donors (Lipinski definition) is 1. The second-order valence-corrected chi connectivity index (χ2v) is 2.76. The van der Waals surface area contributed by atoms with Crippen LogP contribution in [0.4, 0.5) is 0 Å². The summed E-state index contributed by atoms with van der Waals surface area (Å²) in [4.78, 5) is 0. The molecule has 1 heterocycles. The van der Waals surface area contributed by atoms with Crippen molar-refractivity contribution in [3.63, 3.8) is 0 Å². The number of rotatable bonds is 0. The van der Waals surface area contributed by atoms with Crippen LogP contribution in [-0.4, -0.2) is 13.1 Å². The average molecular weight is 97.2 g/mol. The fourth-order valence-corrected chi connectivity index (χ4v) is 1.63. The highest BCUT2D eigenvalue weighted by atomic mass is 14.9. The Kier molecular flexibility index (Phi) is 0.680. The van der Waals surface area contributed by atoms with Gasteiger partial charge in [-0.3, -0.25) is 0 Å². The quantitative estimate of drug-likeness (QED) is 0.467. The molecule has 0 bridgehead atoms. The first-order valence-electron chi connectivity index (χ1n) is 3.17. The van der Waals surface area contributed by atoms with Gasteiger partial charge in [0.15, 0.2) is 0 Å². The molecule has 1 saturated carbocycles. The van der Waals surface area contributed by atoms with Gasteiger partial charge in [-0.2, -0.15) is 0 Å². The van der Waals surface area contributed by atoms with E-state index in [9.17, 15) is 0 Å². The van der Waals surface area contributed by atoms with Crippen molar-refractivity contribution < 1.29 is 0 Å². The lowest BCUT2D eigenvalue weighted by atomic mass is 9.77. The van der Waals surface area contributed by atoms with Crippen LogP contribution < -0.4 is 5.32 Å². The zero-order chi connectivity index (χ0) is 4.69. The van der Waals surface area contributed by atoms with Crippen molar-refractivity contribution in [1.82, 2.24) is 5.32 Å². The first-order valence-corrected chi connectivity index (χ1v) is 3.17. The number of nitrogens with one attached hydrogen (secondary N) is 1. The monoisotopic (exact) mass is 97.1 g/mol. The van der Waals surface area contributed by atoms with Crippen molar-refractivity contribution in [3.05, 3.63) is 0 Å². The third-order valence-electron chi connectivity index (χ3n) is 2.39. The summed E-state index contributed by atoms with van der Waals surface area (Å²) < 4.78 is 0. The molecule has 1 nitrogen and oxygen atoms in total. The third-order valence-corrected chi connectivity index (χ3v) is 2.39. The van der Waals surface area contributed by atoms with Gasteiger partial charge in [0, 0.05) is 0 Å². The summed E-state index contributed by atoms with van der Waals surface area (Å²) in [6, 6.07) is 0. The molecule has 7 heavy (non-hydrogen) atoms. The Hall–Kier alpha value is -0.0400. The molecule has 1 aliphatic heterocycles. The highest BCUT2D eigenvalue weighted by molar-refractivity contribution is 4.88. The molecular formula is C6H11N. The highest BCUT2D eigenvalue weighted by Gasteiger charge is 2.34. The van der Waals surface area contributed by atoms with Crippen molar-refractivity contribution in [1.29, 1.82) is 0 Å². The second-order valence-electron chi connectivity index (χ2n) is 2.76. The molecular weight excluding hydrogens is 86.1 g/mol. The minimum Gasteiger partial charge on any atom is -0.316 e. The maximum atomic E-state index is 3.38. The van der Waals surface area contributed by atoms with Crippen LogP contribution in [0.15, 0.2) is 0 Å². The Bertz CT molecular complexity index is 70.2. The molecule has 2 aliphatic rings. The lowest BCUT2D eigenvalue weighted by molar-refractivity contribution is 0.243. The smallest absolute Gasteiger partial charge is 0.00173 e. The molecule has 0 amide bonds. The van der Waals surface area contributed by atoms with Crippen molar-refractivity contribution in [2.45, 2.75) is 12.8 Å². The van der Waals surface area contributed by atoms with Crippen LogP contribution in [0.25, 0.3) is 0 Å². The first kappa shape index (κ1) is 3.90. The van der Waals surface area contributed by atoms with E-state index in [1.54, 1.807) is 0 Å². The molecule has 2 atom stereocenters. The Labute approximate surface area is 44.1 Å². The van der Waals surface area contributed by atoms with Gasteiger partial charge in [0.1, 0.15) is 0 Å². The van der Waals surface area contributed by atoms with E-state index >= 15 is 0 Å². The molecule has 1 N–H and O–H groups in total. The summed E-state index contributed by atoms with van der Waals surface area (Å²) in [6.07, 6.45) is 3.00. The molecule has 1 saturated heterocycles. The molecule has 1 heteroatoms. The number of fused-ring (bicyclic) bond motifs is 1. The fourth-order valence-electron chi connectivity index (χ4n) is 1.63. The molecule has 0 aromatic heterocycles. The Morgan fingerprint density at radius 1 is 1.00 bits per heavy atom. The van der Waals surface area contributed by atoms with E-state index in [4.69, 9.17) is 0 Å². The molecule has 2 rings (SSSR count). The summed E-state index contributed by atoms with van der Waals surface area (Å²) in [7, 11) is 0. The van der Waals surface area contributed by atoms with Gasteiger partial charge in [-0.15, -0.1) is 0 Å². The van der Waals surface area contributed by atoms with Gasteiger partial charge in [0.25, 0.3) is 0 Å².